The summed E-state index contributed by atoms with van der Waals surface area (Å²) in [5.74, 6) is -0.333. The van der Waals surface area contributed by atoms with Gasteiger partial charge in [0.15, 0.2) is 5.78 Å². The number of ketones is 1. The Morgan fingerprint density at radius 2 is 1.94 bits per heavy atom. The molecule has 1 rings (SSSR count). The molecule has 1 aromatic rings. The van der Waals surface area contributed by atoms with Crippen molar-refractivity contribution in [3.63, 3.8) is 0 Å². The Bertz CT molecular complexity index is 388. The lowest BCUT2D eigenvalue weighted by molar-refractivity contribution is -0.143. The van der Waals surface area contributed by atoms with Gasteiger partial charge >= 0.3 is 5.97 Å². The third kappa shape index (κ3) is 3.92. The topological polar surface area (TPSA) is 43.4 Å². The first-order chi connectivity index (χ1) is 7.65. The number of carbonyl (C=O) groups excluding carboxylic acids is 2. The number of esters is 1. The van der Waals surface area contributed by atoms with Crippen LogP contribution in [0.1, 0.15) is 30.1 Å². The van der Waals surface area contributed by atoms with Crippen LogP contribution >= 0.6 is 22.6 Å². The third-order valence-corrected chi connectivity index (χ3v) is 2.98. The molecule has 0 unspecified atom stereocenters. The quantitative estimate of drug-likeness (QED) is 0.473. The van der Waals surface area contributed by atoms with E-state index in [9.17, 15) is 9.59 Å². The van der Waals surface area contributed by atoms with Crippen molar-refractivity contribution >= 4 is 34.3 Å². The molecule has 0 bridgehead atoms. The molecule has 0 radical (unpaired) electrons. The maximum Gasteiger partial charge on any atom is 0.306 e. The van der Waals surface area contributed by atoms with E-state index in [-0.39, 0.29) is 24.6 Å². The van der Waals surface area contributed by atoms with Crippen LogP contribution in [0.3, 0.4) is 0 Å². The average molecular weight is 332 g/mol. The predicted molar refractivity (Wildman–Crippen MR) is 69.4 cm³/mol. The molecule has 3 nitrogen and oxygen atoms in total. The number of carbonyl (C=O) groups is 2. The second kappa shape index (κ2) is 6.62. The van der Waals surface area contributed by atoms with Gasteiger partial charge in [0.25, 0.3) is 0 Å². The molecular formula is C12H13IO3. The number of rotatable bonds is 5. The normalized spacial score (nSPS) is 9.88. The Labute approximate surface area is 108 Å². The second-order valence-electron chi connectivity index (χ2n) is 3.21. The molecule has 0 aliphatic heterocycles. The lowest BCUT2D eigenvalue weighted by Gasteiger charge is -2.03. The van der Waals surface area contributed by atoms with E-state index in [0.717, 1.165) is 3.57 Å². The molecule has 0 aromatic heterocycles. The van der Waals surface area contributed by atoms with Gasteiger partial charge in [-0.3, -0.25) is 9.59 Å². The van der Waals surface area contributed by atoms with Gasteiger partial charge in [-0.25, -0.2) is 0 Å². The monoisotopic (exact) mass is 332 g/mol. The first-order valence-electron chi connectivity index (χ1n) is 5.08. The Kier molecular flexibility index (Phi) is 5.45. The maximum absolute atomic E-state index is 11.8. The number of benzene rings is 1. The second-order valence-corrected chi connectivity index (χ2v) is 4.37. The zero-order valence-corrected chi connectivity index (χ0v) is 11.2. The van der Waals surface area contributed by atoms with Crippen molar-refractivity contribution in [3.05, 3.63) is 33.4 Å². The molecule has 0 atom stereocenters. The minimum atomic E-state index is -0.318. The third-order valence-electron chi connectivity index (χ3n) is 2.04. The van der Waals surface area contributed by atoms with Crippen LogP contribution in [0.5, 0.6) is 0 Å². The highest BCUT2D eigenvalue weighted by molar-refractivity contribution is 14.1. The number of ether oxygens (including phenoxy) is 1. The van der Waals surface area contributed by atoms with Gasteiger partial charge in [0.1, 0.15) is 0 Å². The van der Waals surface area contributed by atoms with Crippen LogP contribution in [0.2, 0.25) is 0 Å². The van der Waals surface area contributed by atoms with E-state index in [2.05, 4.69) is 22.6 Å². The standard InChI is InChI=1S/C12H13IO3/c1-2-16-12(15)8-7-11(14)9-5-3-4-6-10(9)13/h3-6H,2,7-8H2,1H3. The Hall–Kier alpha value is -0.910. The van der Waals surface area contributed by atoms with Gasteiger partial charge in [-0.1, -0.05) is 18.2 Å². The number of Topliss-reactive ketones (excluding diaryl/α,β-unsaturated/α-hetero) is 1. The van der Waals surface area contributed by atoms with Gasteiger partial charge in [-0.2, -0.15) is 0 Å². The molecule has 86 valence electrons. The summed E-state index contributed by atoms with van der Waals surface area (Å²) < 4.78 is 5.68. The lowest BCUT2D eigenvalue weighted by atomic mass is 10.1. The summed E-state index contributed by atoms with van der Waals surface area (Å²) in [6.45, 7) is 2.11. The Balaban J connectivity index is 2.54. The van der Waals surface area contributed by atoms with E-state index < -0.39 is 0 Å². The highest BCUT2D eigenvalue weighted by atomic mass is 127. The molecular weight excluding hydrogens is 319 g/mol. The van der Waals surface area contributed by atoms with Gasteiger partial charge in [0.2, 0.25) is 0 Å². The van der Waals surface area contributed by atoms with Crippen LogP contribution in [0.25, 0.3) is 0 Å². The Morgan fingerprint density at radius 3 is 2.56 bits per heavy atom. The van der Waals surface area contributed by atoms with E-state index in [1.807, 2.05) is 18.2 Å². The molecule has 0 fully saturated rings. The molecule has 0 saturated heterocycles. The van der Waals surface area contributed by atoms with Gasteiger partial charge in [0.05, 0.1) is 13.0 Å². The summed E-state index contributed by atoms with van der Waals surface area (Å²) in [4.78, 5) is 22.8. The zero-order chi connectivity index (χ0) is 12.0. The molecule has 0 aliphatic carbocycles. The van der Waals surface area contributed by atoms with Crippen molar-refractivity contribution in [1.82, 2.24) is 0 Å². The van der Waals surface area contributed by atoms with Crippen molar-refractivity contribution in [3.8, 4) is 0 Å². The van der Waals surface area contributed by atoms with Crippen molar-refractivity contribution in [2.75, 3.05) is 6.61 Å². The van der Waals surface area contributed by atoms with Crippen LogP contribution in [0, 0.1) is 3.57 Å². The van der Waals surface area contributed by atoms with Gasteiger partial charge in [-0.05, 0) is 35.6 Å². The fraction of sp³-hybridized carbons (Fsp3) is 0.333. The Morgan fingerprint density at radius 1 is 1.25 bits per heavy atom. The average Bonchev–Trinajstić information content (AvgIpc) is 2.27. The molecule has 16 heavy (non-hydrogen) atoms. The zero-order valence-electron chi connectivity index (χ0n) is 9.03. The fourth-order valence-electron chi connectivity index (χ4n) is 1.27. The summed E-state index contributed by atoms with van der Waals surface area (Å²) in [7, 11) is 0. The predicted octanol–water partition coefficient (Wildman–Crippen LogP) is 2.82. The molecule has 0 N–H and O–H groups in total. The van der Waals surface area contributed by atoms with Crippen LogP contribution < -0.4 is 0 Å². The van der Waals surface area contributed by atoms with Crippen molar-refractivity contribution in [2.45, 2.75) is 19.8 Å². The maximum atomic E-state index is 11.8. The smallest absolute Gasteiger partial charge is 0.306 e. The summed E-state index contributed by atoms with van der Waals surface area (Å²) in [5.41, 5.74) is 0.674. The molecule has 0 aliphatic rings. The highest BCUT2D eigenvalue weighted by Gasteiger charge is 2.11. The summed E-state index contributed by atoms with van der Waals surface area (Å²) in [6.07, 6.45) is 0.358. The van der Waals surface area contributed by atoms with E-state index in [1.165, 1.54) is 0 Å². The van der Waals surface area contributed by atoms with Crippen molar-refractivity contribution < 1.29 is 14.3 Å². The first kappa shape index (κ1) is 13.2. The SMILES string of the molecule is CCOC(=O)CCC(=O)c1ccccc1I. The first-order valence-corrected chi connectivity index (χ1v) is 6.16. The van der Waals surface area contributed by atoms with Crippen molar-refractivity contribution in [2.24, 2.45) is 0 Å². The summed E-state index contributed by atoms with van der Waals surface area (Å²) >= 11 is 2.11. The van der Waals surface area contributed by atoms with Crippen LogP contribution in [0.15, 0.2) is 24.3 Å². The highest BCUT2D eigenvalue weighted by Crippen LogP contribution is 2.14. The van der Waals surface area contributed by atoms with E-state index in [1.54, 1.807) is 13.0 Å². The van der Waals surface area contributed by atoms with Crippen LogP contribution in [-0.4, -0.2) is 18.4 Å². The molecule has 0 heterocycles. The fourth-order valence-corrected chi connectivity index (χ4v) is 1.96. The van der Waals surface area contributed by atoms with E-state index in [4.69, 9.17) is 4.74 Å². The number of hydrogen-bond donors (Lipinski definition) is 0. The molecule has 4 heteroatoms. The molecule has 0 saturated carbocycles. The van der Waals surface area contributed by atoms with E-state index >= 15 is 0 Å². The summed E-state index contributed by atoms with van der Waals surface area (Å²) in [5, 5.41) is 0. The van der Waals surface area contributed by atoms with E-state index in [0.29, 0.717) is 12.2 Å². The minimum Gasteiger partial charge on any atom is -0.466 e. The number of halogens is 1. The summed E-state index contributed by atoms with van der Waals surface area (Å²) in [6, 6.07) is 7.34. The molecule has 0 spiro atoms. The van der Waals surface area contributed by atoms with Gasteiger partial charge in [-0.15, -0.1) is 0 Å². The molecule has 0 amide bonds. The number of hydrogen-bond acceptors (Lipinski definition) is 3. The van der Waals surface area contributed by atoms with Gasteiger partial charge in [0, 0.05) is 15.6 Å². The van der Waals surface area contributed by atoms with Gasteiger partial charge < -0.3 is 4.74 Å². The lowest BCUT2D eigenvalue weighted by Crippen LogP contribution is -2.08. The molecule has 1 aromatic carbocycles. The largest absolute Gasteiger partial charge is 0.466 e. The van der Waals surface area contributed by atoms with Crippen LogP contribution in [-0.2, 0) is 9.53 Å². The van der Waals surface area contributed by atoms with Crippen molar-refractivity contribution in [1.29, 1.82) is 0 Å². The van der Waals surface area contributed by atoms with Crippen LogP contribution in [0.4, 0.5) is 0 Å². The minimum absolute atomic E-state index is 0.0157.